The summed E-state index contributed by atoms with van der Waals surface area (Å²) in [5.41, 5.74) is 1.31. The van der Waals surface area contributed by atoms with Crippen LogP contribution < -0.4 is 4.74 Å². The van der Waals surface area contributed by atoms with Crippen molar-refractivity contribution in [3.63, 3.8) is 0 Å². The molecule has 1 saturated heterocycles. The highest BCUT2D eigenvalue weighted by Crippen LogP contribution is 2.21. The Morgan fingerprint density at radius 1 is 1.04 bits per heavy atom. The number of sulfonamides is 1. The van der Waals surface area contributed by atoms with Crippen LogP contribution in [0, 0.1) is 6.92 Å². The highest BCUT2D eigenvalue weighted by molar-refractivity contribution is 7.89. The Morgan fingerprint density at radius 2 is 1.71 bits per heavy atom. The number of ether oxygens (including phenoxy) is 1. The maximum Gasteiger partial charge on any atom is 0.343 e. The molecule has 126 valence electrons. The van der Waals surface area contributed by atoms with E-state index in [9.17, 15) is 13.2 Å². The zero-order chi connectivity index (χ0) is 17.2. The molecule has 0 unspecified atom stereocenters. The molecule has 5 nitrogen and oxygen atoms in total. The van der Waals surface area contributed by atoms with Crippen molar-refractivity contribution in [2.75, 3.05) is 13.1 Å². The van der Waals surface area contributed by atoms with Crippen LogP contribution in [-0.2, 0) is 10.0 Å². The van der Waals surface area contributed by atoms with Crippen molar-refractivity contribution in [3.8, 4) is 5.75 Å². The third-order valence-corrected chi connectivity index (χ3v) is 5.91. The highest BCUT2D eigenvalue weighted by Gasteiger charge is 2.27. The SMILES string of the molecule is Cc1cccc(OC(=O)c2ccc(S(=O)(=O)N3CCCC3)cc2)c1. The minimum atomic E-state index is -3.46. The first-order valence-electron chi connectivity index (χ1n) is 7.86. The fourth-order valence-electron chi connectivity index (χ4n) is 2.69. The van der Waals surface area contributed by atoms with E-state index in [1.54, 1.807) is 12.1 Å². The molecule has 0 N–H and O–H groups in total. The van der Waals surface area contributed by atoms with Crippen LogP contribution in [0.25, 0.3) is 0 Å². The largest absolute Gasteiger partial charge is 0.423 e. The number of hydrogen-bond donors (Lipinski definition) is 0. The molecule has 0 amide bonds. The molecule has 2 aromatic rings. The Morgan fingerprint density at radius 3 is 2.33 bits per heavy atom. The van der Waals surface area contributed by atoms with Gasteiger partial charge in [0.05, 0.1) is 10.5 Å². The number of hydrogen-bond acceptors (Lipinski definition) is 4. The zero-order valence-electron chi connectivity index (χ0n) is 13.4. The van der Waals surface area contributed by atoms with Crippen molar-refractivity contribution in [3.05, 3.63) is 59.7 Å². The quantitative estimate of drug-likeness (QED) is 0.631. The maximum atomic E-state index is 12.5. The van der Waals surface area contributed by atoms with Gasteiger partial charge in [0.25, 0.3) is 0 Å². The van der Waals surface area contributed by atoms with E-state index in [1.807, 2.05) is 19.1 Å². The van der Waals surface area contributed by atoms with Gasteiger partial charge in [0.15, 0.2) is 0 Å². The summed E-state index contributed by atoms with van der Waals surface area (Å²) in [7, 11) is -3.46. The number of benzene rings is 2. The summed E-state index contributed by atoms with van der Waals surface area (Å²) in [5.74, 6) is -0.0421. The van der Waals surface area contributed by atoms with Crippen LogP contribution in [0.5, 0.6) is 5.75 Å². The molecule has 0 spiro atoms. The van der Waals surface area contributed by atoms with Crippen molar-refractivity contribution in [2.24, 2.45) is 0 Å². The topological polar surface area (TPSA) is 63.7 Å². The second kappa shape index (κ2) is 6.75. The van der Waals surface area contributed by atoms with Gasteiger partial charge in [-0.1, -0.05) is 12.1 Å². The molecular formula is C18H19NO4S. The standard InChI is InChI=1S/C18H19NO4S/c1-14-5-4-6-16(13-14)23-18(20)15-7-9-17(10-8-15)24(21,22)19-11-2-3-12-19/h4-10,13H,2-3,11-12H2,1H3. The first-order chi connectivity index (χ1) is 11.5. The van der Waals surface area contributed by atoms with Crippen LogP contribution in [0.2, 0.25) is 0 Å². The number of aryl methyl sites for hydroxylation is 1. The molecule has 0 aromatic heterocycles. The van der Waals surface area contributed by atoms with Gasteiger partial charge in [-0.25, -0.2) is 13.2 Å². The van der Waals surface area contributed by atoms with Crippen molar-refractivity contribution < 1.29 is 17.9 Å². The number of nitrogens with zero attached hydrogens (tertiary/aromatic N) is 1. The van der Waals surface area contributed by atoms with E-state index >= 15 is 0 Å². The van der Waals surface area contributed by atoms with Crippen LogP contribution in [0.15, 0.2) is 53.4 Å². The molecule has 0 saturated carbocycles. The van der Waals surface area contributed by atoms with Gasteiger partial charge in [0.1, 0.15) is 5.75 Å². The van der Waals surface area contributed by atoms with Gasteiger partial charge in [-0.15, -0.1) is 0 Å². The molecule has 0 atom stereocenters. The second-order valence-corrected chi connectivity index (χ2v) is 7.78. The minimum absolute atomic E-state index is 0.205. The van der Waals surface area contributed by atoms with Crippen LogP contribution in [0.4, 0.5) is 0 Å². The predicted octanol–water partition coefficient (Wildman–Crippen LogP) is 3.00. The molecular weight excluding hydrogens is 326 g/mol. The predicted molar refractivity (Wildman–Crippen MR) is 90.6 cm³/mol. The second-order valence-electron chi connectivity index (χ2n) is 5.84. The number of rotatable bonds is 4. The molecule has 1 heterocycles. The van der Waals surface area contributed by atoms with Gasteiger partial charge in [-0.05, 0) is 61.7 Å². The summed E-state index contributed by atoms with van der Waals surface area (Å²) in [6.45, 7) is 3.02. The van der Waals surface area contributed by atoms with E-state index in [-0.39, 0.29) is 4.90 Å². The summed E-state index contributed by atoms with van der Waals surface area (Å²) in [5, 5.41) is 0. The number of esters is 1. The summed E-state index contributed by atoms with van der Waals surface area (Å²) in [6, 6.07) is 13.1. The molecule has 1 aliphatic rings. The van der Waals surface area contributed by atoms with Gasteiger partial charge in [-0.3, -0.25) is 0 Å². The molecule has 24 heavy (non-hydrogen) atoms. The molecule has 1 aliphatic heterocycles. The van der Waals surface area contributed by atoms with Gasteiger partial charge in [0.2, 0.25) is 10.0 Å². The summed E-state index contributed by atoms with van der Waals surface area (Å²) >= 11 is 0. The smallest absolute Gasteiger partial charge is 0.343 e. The fraction of sp³-hybridized carbons (Fsp3) is 0.278. The van der Waals surface area contributed by atoms with Crippen molar-refractivity contribution >= 4 is 16.0 Å². The fourth-order valence-corrected chi connectivity index (χ4v) is 4.20. The third-order valence-electron chi connectivity index (χ3n) is 3.99. The average molecular weight is 345 g/mol. The Hall–Kier alpha value is -2.18. The van der Waals surface area contributed by atoms with E-state index < -0.39 is 16.0 Å². The van der Waals surface area contributed by atoms with Gasteiger partial charge in [-0.2, -0.15) is 4.31 Å². The Kier molecular flexibility index (Phi) is 4.69. The van der Waals surface area contributed by atoms with E-state index in [1.165, 1.54) is 28.6 Å². The molecule has 0 aliphatic carbocycles. The Bertz CT molecular complexity index is 838. The molecule has 6 heteroatoms. The van der Waals surface area contributed by atoms with Crippen molar-refractivity contribution in [1.82, 2.24) is 4.31 Å². The van der Waals surface area contributed by atoms with Crippen molar-refractivity contribution in [1.29, 1.82) is 0 Å². The van der Waals surface area contributed by atoms with Gasteiger partial charge < -0.3 is 4.74 Å². The van der Waals surface area contributed by atoms with Crippen LogP contribution in [0.1, 0.15) is 28.8 Å². The molecule has 0 bridgehead atoms. The van der Waals surface area contributed by atoms with Crippen LogP contribution in [0.3, 0.4) is 0 Å². The molecule has 0 radical (unpaired) electrons. The monoisotopic (exact) mass is 345 g/mol. The Balaban J connectivity index is 1.75. The molecule has 1 fully saturated rings. The molecule has 2 aromatic carbocycles. The van der Waals surface area contributed by atoms with Crippen molar-refractivity contribution in [2.45, 2.75) is 24.7 Å². The van der Waals surface area contributed by atoms with E-state index in [0.29, 0.717) is 24.4 Å². The lowest BCUT2D eigenvalue weighted by atomic mass is 10.2. The summed E-state index contributed by atoms with van der Waals surface area (Å²) < 4.78 is 31.7. The average Bonchev–Trinajstić information content (AvgIpc) is 3.10. The molecule has 3 rings (SSSR count). The number of carbonyl (C=O) groups excluding carboxylic acids is 1. The lowest BCUT2D eigenvalue weighted by molar-refractivity contribution is 0.0734. The first-order valence-corrected chi connectivity index (χ1v) is 9.30. The van der Waals surface area contributed by atoms with Crippen LogP contribution in [-0.4, -0.2) is 31.8 Å². The lowest BCUT2D eigenvalue weighted by Crippen LogP contribution is -2.27. The van der Waals surface area contributed by atoms with E-state index in [2.05, 4.69) is 0 Å². The Labute approximate surface area is 141 Å². The van der Waals surface area contributed by atoms with Gasteiger partial charge >= 0.3 is 5.97 Å². The maximum absolute atomic E-state index is 12.5. The van der Waals surface area contributed by atoms with E-state index in [4.69, 9.17) is 4.74 Å². The third kappa shape index (κ3) is 3.49. The minimum Gasteiger partial charge on any atom is -0.423 e. The lowest BCUT2D eigenvalue weighted by Gasteiger charge is -2.15. The zero-order valence-corrected chi connectivity index (χ0v) is 14.3. The van der Waals surface area contributed by atoms with Crippen LogP contribution >= 0.6 is 0 Å². The number of carbonyl (C=O) groups is 1. The first kappa shape index (κ1) is 16.7. The highest BCUT2D eigenvalue weighted by atomic mass is 32.2. The summed E-state index contributed by atoms with van der Waals surface area (Å²) in [6.07, 6.45) is 1.78. The van der Waals surface area contributed by atoms with E-state index in [0.717, 1.165) is 18.4 Å². The summed E-state index contributed by atoms with van der Waals surface area (Å²) in [4.78, 5) is 12.4. The normalized spacial score (nSPS) is 15.4. The van der Waals surface area contributed by atoms with Gasteiger partial charge in [0, 0.05) is 13.1 Å².